The van der Waals surface area contributed by atoms with Gasteiger partial charge in [0.1, 0.15) is 0 Å². The number of aryl methyl sites for hydroxylation is 1. The number of fused-ring (bicyclic) bond motifs is 6. The van der Waals surface area contributed by atoms with Crippen LogP contribution in [0.25, 0.3) is 22.3 Å². The Kier molecular flexibility index (Phi) is 13.6. The zero-order valence-corrected chi connectivity index (χ0v) is 51.1. The normalized spacial score (nSPS) is 16.7. The molecule has 0 saturated carbocycles. The molecule has 0 fully saturated rings. The van der Waals surface area contributed by atoms with Crippen molar-refractivity contribution >= 4 is 33.7 Å². The number of hydrogen-bond acceptors (Lipinski definition) is 2. The van der Waals surface area contributed by atoms with Crippen LogP contribution < -0.4 is 0 Å². The minimum absolute atomic E-state index is 0.0578. The fraction of sp³-hybridized carbons (Fsp3) is 0.405. The van der Waals surface area contributed by atoms with Gasteiger partial charge in [-0.3, -0.25) is 0 Å². The Morgan fingerprint density at radius 3 is 0.883 bits per heavy atom. The maximum absolute atomic E-state index is 5.88. The number of hydrogen-bond donors (Lipinski definition) is 1. The maximum Gasteiger partial charge on any atom is 0.0737 e. The number of nitrogens with zero attached hydrogens (tertiary/aromatic N) is 2. The van der Waals surface area contributed by atoms with Gasteiger partial charge in [-0.25, -0.2) is 9.98 Å². The molecule has 400 valence electrons. The van der Waals surface area contributed by atoms with Crippen LogP contribution in [-0.2, 0) is 37.9 Å². The second kappa shape index (κ2) is 19.0. The van der Waals surface area contributed by atoms with Crippen molar-refractivity contribution in [3.8, 4) is 0 Å². The zero-order chi connectivity index (χ0) is 56.3. The fourth-order valence-electron chi connectivity index (χ4n) is 11.0. The third-order valence-electron chi connectivity index (χ3n) is 16.1. The first-order valence-corrected chi connectivity index (χ1v) is 28.4. The Hall–Kier alpha value is -6.32. The maximum atomic E-state index is 5.88. The Morgan fingerprint density at radius 2 is 0.584 bits per heavy atom. The largest absolute Gasteiger partial charge is 0.354 e. The SMILES string of the molecule is Cc1cc(C2=C3C=CC(=N3)C(c3cc(C(C)(C)C)cc(C(C)(C)C)c3)=C3C=CC(=C(c4cc(C(C)(C)C)cc(C(C)(C)C)c4)C4=NC(=C(c5cc(C(C)(C)C)cc(C(C)(C)C)c5)c5ccc2[nH]5)C=C4)C3)cc(C(C)(C)C)c1. The second-order valence-electron chi connectivity index (χ2n) is 30.0. The molecule has 1 aromatic heterocycles. The Morgan fingerprint density at radius 1 is 0.312 bits per heavy atom. The van der Waals surface area contributed by atoms with Gasteiger partial charge in [-0.15, -0.1) is 0 Å². The van der Waals surface area contributed by atoms with Gasteiger partial charge in [0.05, 0.1) is 22.8 Å². The van der Waals surface area contributed by atoms with E-state index < -0.39 is 0 Å². The highest BCUT2D eigenvalue weighted by Gasteiger charge is 2.32. The summed E-state index contributed by atoms with van der Waals surface area (Å²) in [5.41, 5.74) is 27.5. The van der Waals surface area contributed by atoms with Gasteiger partial charge >= 0.3 is 0 Å². The number of aromatic nitrogens is 1. The topological polar surface area (TPSA) is 40.5 Å². The lowest BCUT2D eigenvalue weighted by Crippen LogP contribution is -2.17. The summed E-state index contributed by atoms with van der Waals surface area (Å²) >= 11 is 0. The number of allylic oxidation sites excluding steroid dienone is 10. The van der Waals surface area contributed by atoms with E-state index in [4.69, 9.17) is 9.98 Å². The van der Waals surface area contributed by atoms with Gasteiger partial charge in [0.15, 0.2) is 0 Å². The number of aromatic amines is 1. The monoisotopic (exact) mass is 1020 g/mol. The molecule has 0 spiro atoms. The lowest BCUT2D eigenvalue weighted by Gasteiger charge is -2.27. The number of H-pyrrole nitrogens is 1. The third kappa shape index (κ3) is 11.4. The van der Waals surface area contributed by atoms with Crippen LogP contribution in [0.5, 0.6) is 0 Å². The first kappa shape index (κ1) is 55.4. The number of nitrogens with one attached hydrogen (secondary N) is 1. The predicted molar refractivity (Wildman–Crippen MR) is 335 cm³/mol. The molecule has 0 amide bonds. The van der Waals surface area contributed by atoms with E-state index in [9.17, 15) is 0 Å². The average molecular weight is 1020 g/mol. The quantitative estimate of drug-likeness (QED) is 0.186. The van der Waals surface area contributed by atoms with E-state index in [0.29, 0.717) is 0 Å². The van der Waals surface area contributed by atoms with Crippen molar-refractivity contribution in [2.75, 3.05) is 0 Å². The number of rotatable bonds is 4. The van der Waals surface area contributed by atoms with Crippen LogP contribution >= 0.6 is 0 Å². The molecular weight excluding hydrogens is 931 g/mol. The van der Waals surface area contributed by atoms with Gasteiger partial charge in [-0.1, -0.05) is 236 Å². The molecule has 0 radical (unpaired) electrons. The minimum atomic E-state index is -0.0832. The van der Waals surface area contributed by atoms with Crippen LogP contribution in [0.3, 0.4) is 0 Å². The smallest absolute Gasteiger partial charge is 0.0737 e. The van der Waals surface area contributed by atoms with Crippen molar-refractivity contribution in [3.63, 3.8) is 0 Å². The Labute approximate surface area is 465 Å². The molecular formula is C74H89N3. The van der Waals surface area contributed by atoms with Crippen molar-refractivity contribution in [3.05, 3.63) is 222 Å². The van der Waals surface area contributed by atoms with Crippen molar-refractivity contribution in [2.45, 2.75) is 197 Å². The van der Waals surface area contributed by atoms with Gasteiger partial charge in [-0.2, -0.15) is 0 Å². The van der Waals surface area contributed by atoms with E-state index in [1.807, 2.05) is 0 Å². The van der Waals surface area contributed by atoms with Gasteiger partial charge in [0, 0.05) is 33.7 Å². The van der Waals surface area contributed by atoms with E-state index >= 15 is 0 Å². The number of benzene rings is 4. The molecule has 3 nitrogen and oxygen atoms in total. The average Bonchev–Trinajstić information content (AvgIpc) is 4.18. The molecule has 0 saturated heterocycles. The molecule has 1 aliphatic carbocycles. The molecule has 77 heavy (non-hydrogen) atoms. The van der Waals surface area contributed by atoms with E-state index in [-0.39, 0.29) is 37.9 Å². The van der Waals surface area contributed by atoms with Crippen LogP contribution in [0, 0.1) is 6.92 Å². The minimum Gasteiger partial charge on any atom is -0.354 e. The fourth-order valence-corrected chi connectivity index (χ4v) is 11.0. The molecule has 9 rings (SSSR count). The molecule has 5 aromatic rings. The Bertz CT molecular complexity index is 3440. The van der Waals surface area contributed by atoms with E-state index in [1.165, 1.54) is 77.9 Å². The van der Waals surface area contributed by atoms with Gasteiger partial charge < -0.3 is 4.98 Å². The summed E-state index contributed by atoms with van der Waals surface area (Å²) in [5, 5.41) is 0. The molecule has 3 heteroatoms. The summed E-state index contributed by atoms with van der Waals surface area (Å²) < 4.78 is 0. The van der Waals surface area contributed by atoms with Crippen LogP contribution in [0.15, 0.2) is 154 Å². The van der Waals surface area contributed by atoms with E-state index in [1.54, 1.807) is 0 Å². The lowest BCUT2D eigenvalue weighted by molar-refractivity contribution is 0.567. The molecule has 4 aliphatic rings. The van der Waals surface area contributed by atoms with E-state index in [0.717, 1.165) is 62.9 Å². The summed E-state index contributed by atoms with van der Waals surface area (Å²) in [6.45, 7) is 51.2. The first-order valence-electron chi connectivity index (χ1n) is 28.4. The van der Waals surface area contributed by atoms with Crippen LogP contribution in [0.4, 0.5) is 0 Å². The summed E-state index contributed by atoms with van der Waals surface area (Å²) in [5.74, 6) is 0. The van der Waals surface area contributed by atoms with Crippen molar-refractivity contribution < 1.29 is 0 Å². The van der Waals surface area contributed by atoms with Crippen LogP contribution in [0.2, 0.25) is 0 Å². The zero-order valence-electron chi connectivity index (χ0n) is 51.1. The van der Waals surface area contributed by atoms with Crippen LogP contribution in [-0.4, -0.2) is 16.4 Å². The highest BCUT2D eigenvalue weighted by Crippen LogP contribution is 2.45. The van der Waals surface area contributed by atoms with Crippen molar-refractivity contribution in [1.82, 2.24) is 4.98 Å². The van der Waals surface area contributed by atoms with Crippen molar-refractivity contribution in [1.29, 1.82) is 0 Å². The van der Waals surface area contributed by atoms with Gasteiger partial charge in [-0.05, 0) is 160 Å². The summed E-state index contributed by atoms with van der Waals surface area (Å²) in [6.07, 6.45) is 14.6. The highest BCUT2D eigenvalue weighted by molar-refractivity contribution is 6.34. The first-order chi connectivity index (χ1) is 35.4. The lowest BCUT2D eigenvalue weighted by atomic mass is 9.77. The summed E-state index contributed by atoms with van der Waals surface area (Å²) in [4.78, 5) is 15.8. The molecule has 1 N–H and O–H groups in total. The molecule has 4 aromatic carbocycles. The van der Waals surface area contributed by atoms with E-state index in [2.05, 4.69) is 279 Å². The van der Waals surface area contributed by atoms with Gasteiger partial charge in [0.25, 0.3) is 0 Å². The standard InChI is InChI=1S/C74H89N3/c1-44-31-47(34-51(32-44)68(2,3)4)66-60-27-25-58(75-60)64(48-35-52(69(5,6)7)41-53(36-48)70(8,9)10)45-23-24-46(33-45)65(49-37-54(71(11,12)13)42-55(38-49)72(14,15)16)59-26-28-62(76-59)67(63-30-29-61(66)77-63)50-39-56(73(17,18)19)43-57(40-50)74(20,21)22/h23-32,34-43,77H,33H2,1-22H3. The molecule has 3 aliphatic heterocycles. The summed E-state index contributed by atoms with van der Waals surface area (Å²) in [7, 11) is 0. The molecule has 0 atom stereocenters. The van der Waals surface area contributed by atoms with Crippen LogP contribution in [0.1, 0.15) is 230 Å². The predicted octanol–water partition coefficient (Wildman–Crippen LogP) is 19.8. The van der Waals surface area contributed by atoms with Crippen molar-refractivity contribution in [2.24, 2.45) is 9.98 Å². The summed E-state index contributed by atoms with van der Waals surface area (Å²) in [6, 6.07) is 33.6. The molecule has 4 heterocycles. The second-order valence-corrected chi connectivity index (χ2v) is 30.0. The highest BCUT2D eigenvalue weighted by atomic mass is 14.8. The van der Waals surface area contributed by atoms with Gasteiger partial charge in [0.2, 0.25) is 0 Å². The third-order valence-corrected chi connectivity index (χ3v) is 16.1. The molecule has 0 unspecified atom stereocenters. The Balaban J connectivity index is 1.45. The molecule has 8 bridgehead atoms. The number of aliphatic imine (C=N–C) groups is 2.